The zero-order valence-electron chi connectivity index (χ0n) is 10.9. The van der Waals surface area contributed by atoms with Gasteiger partial charge in [-0.05, 0) is 54.1 Å². The topological polar surface area (TPSA) is 29.3 Å². The zero-order valence-corrected chi connectivity index (χ0v) is 11.7. The van der Waals surface area contributed by atoms with Gasteiger partial charge in [-0.3, -0.25) is 0 Å². The molecule has 1 atom stereocenters. The molecule has 2 N–H and O–H groups in total. The van der Waals surface area contributed by atoms with Crippen LogP contribution in [-0.4, -0.2) is 6.54 Å². The van der Waals surface area contributed by atoms with Gasteiger partial charge in [0.1, 0.15) is 5.82 Å². The van der Waals surface area contributed by atoms with Gasteiger partial charge in [0.15, 0.2) is 0 Å². The first-order chi connectivity index (χ1) is 9.15. The molecule has 2 nitrogen and oxygen atoms in total. The molecule has 0 saturated carbocycles. The Balaban J connectivity index is 1.95. The quantitative estimate of drug-likeness (QED) is 0.910. The fourth-order valence-electron chi connectivity index (χ4n) is 2.63. The summed E-state index contributed by atoms with van der Waals surface area (Å²) in [5.74, 6) is -0.218. The van der Waals surface area contributed by atoms with Gasteiger partial charge in [0.2, 0.25) is 0 Å². The van der Waals surface area contributed by atoms with Crippen molar-refractivity contribution in [1.29, 1.82) is 0 Å². The van der Waals surface area contributed by atoms with E-state index in [4.69, 9.17) is 5.73 Å². The van der Waals surface area contributed by atoms with E-state index < -0.39 is 0 Å². The van der Waals surface area contributed by atoms with Gasteiger partial charge in [-0.15, -0.1) is 11.3 Å². The molecule has 0 aliphatic carbocycles. The van der Waals surface area contributed by atoms with E-state index in [0.29, 0.717) is 0 Å². The molecular formula is C15H17FN2S. The summed E-state index contributed by atoms with van der Waals surface area (Å²) in [7, 11) is 0. The largest absolute Gasteiger partial charge is 0.367 e. The van der Waals surface area contributed by atoms with Crippen molar-refractivity contribution in [1.82, 2.24) is 0 Å². The van der Waals surface area contributed by atoms with Gasteiger partial charge in [-0.1, -0.05) is 0 Å². The third-order valence-corrected chi connectivity index (χ3v) is 4.65. The van der Waals surface area contributed by atoms with Crippen LogP contribution in [0.25, 0.3) is 0 Å². The number of hydrogen-bond acceptors (Lipinski definition) is 3. The summed E-state index contributed by atoms with van der Waals surface area (Å²) < 4.78 is 13.4. The molecule has 1 aliphatic rings. The van der Waals surface area contributed by atoms with Gasteiger partial charge >= 0.3 is 0 Å². The predicted octanol–water partition coefficient (Wildman–Crippen LogP) is 3.47. The second kappa shape index (κ2) is 4.94. The van der Waals surface area contributed by atoms with Crippen LogP contribution < -0.4 is 10.6 Å². The smallest absolute Gasteiger partial charge is 0.123 e. The van der Waals surface area contributed by atoms with Crippen LogP contribution in [-0.2, 0) is 13.0 Å². The summed E-state index contributed by atoms with van der Waals surface area (Å²) in [5, 5.41) is 2.14. The Hall–Kier alpha value is -1.39. The van der Waals surface area contributed by atoms with Crippen LogP contribution in [0.3, 0.4) is 0 Å². The Kier molecular flexibility index (Phi) is 3.29. The maximum absolute atomic E-state index is 13.4. The van der Waals surface area contributed by atoms with Crippen LogP contribution in [0.2, 0.25) is 0 Å². The molecule has 0 unspecified atom stereocenters. The number of hydrogen-bond donors (Lipinski definition) is 1. The molecule has 19 heavy (non-hydrogen) atoms. The Bertz CT molecular complexity index is 592. The predicted molar refractivity (Wildman–Crippen MR) is 78.1 cm³/mol. The lowest BCUT2D eigenvalue weighted by Gasteiger charge is -2.31. The Morgan fingerprint density at radius 1 is 1.37 bits per heavy atom. The summed E-state index contributed by atoms with van der Waals surface area (Å²) in [6.45, 7) is 3.77. The third kappa shape index (κ3) is 2.38. The van der Waals surface area contributed by atoms with Gasteiger partial charge in [-0.2, -0.15) is 0 Å². The number of anilines is 1. The van der Waals surface area contributed by atoms with Gasteiger partial charge in [0.05, 0.1) is 0 Å². The molecule has 0 fully saturated rings. The average molecular weight is 276 g/mol. The van der Waals surface area contributed by atoms with Gasteiger partial charge < -0.3 is 10.6 Å². The lowest BCUT2D eigenvalue weighted by atomic mass is 10.0. The van der Waals surface area contributed by atoms with Crippen LogP contribution in [0.4, 0.5) is 10.1 Å². The number of fused-ring (bicyclic) bond motifs is 1. The minimum absolute atomic E-state index is 0.158. The molecule has 4 heteroatoms. The summed E-state index contributed by atoms with van der Waals surface area (Å²) in [4.78, 5) is 3.77. The molecular weight excluding hydrogens is 259 g/mol. The van der Waals surface area contributed by atoms with E-state index in [1.165, 1.54) is 16.5 Å². The molecule has 2 aromatic rings. The first-order valence-electron chi connectivity index (χ1n) is 6.50. The van der Waals surface area contributed by atoms with E-state index in [1.807, 2.05) is 24.3 Å². The normalized spacial score (nSPS) is 16.3. The maximum atomic E-state index is 13.4. The van der Waals surface area contributed by atoms with Crippen LogP contribution >= 0.6 is 11.3 Å². The maximum Gasteiger partial charge on any atom is 0.123 e. The Labute approximate surface area is 116 Å². The number of nitrogens with zero attached hydrogens (tertiary/aromatic N) is 1. The second-order valence-corrected chi connectivity index (χ2v) is 6.03. The third-order valence-electron chi connectivity index (χ3n) is 3.63. The summed E-state index contributed by atoms with van der Waals surface area (Å²) >= 11 is 1.82. The van der Waals surface area contributed by atoms with Crippen LogP contribution in [0.5, 0.6) is 0 Å². The molecule has 2 heterocycles. The van der Waals surface area contributed by atoms with E-state index in [2.05, 4.69) is 16.3 Å². The number of halogens is 1. The summed E-state index contributed by atoms with van der Waals surface area (Å²) in [6, 6.07) is 6.95. The highest BCUT2D eigenvalue weighted by Gasteiger charge is 2.20. The molecule has 0 amide bonds. The highest BCUT2D eigenvalue weighted by atomic mass is 32.1. The van der Waals surface area contributed by atoms with Crippen molar-refractivity contribution in [2.45, 2.75) is 25.9 Å². The number of benzene rings is 1. The standard InChI is InChI=1S/C15H17FN2S/c1-10(17)13-8-12(16)2-3-14(13)18-6-4-15-11(9-18)5-7-19-15/h2-3,5,7-8,10H,4,6,9,17H2,1H3/t10-/m0/s1. The van der Waals surface area contributed by atoms with Crippen molar-refractivity contribution in [2.75, 3.05) is 11.4 Å². The fourth-order valence-corrected chi connectivity index (χ4v) is 3.52. The number of rotatable bonds is 2. The second-order valence-electron chi connectivity index (χ2n) is 5.03. The van der Waals surface area contributed by atoms with Gasteiger partial charge in [0, 0.05) is 29.7 Å². The van der Waals surface area contributed by atoms with Crippen molar-refractivity contribution in [3.63, 3.8) is 0 Å². The van der Waals surface area contributed by atoms with E-state index in [1.54, 1.807) is 6.07 Å². The molecule has 1 aromatic heterocycles. The zero-order chi connectivity index (χ0) is 13.4. The molecule has 1 aromatic carbocycles. The van der Waals surface area contributed by atoms with Crippen molar-refractivity contribution >= 4 is 17.0 Å². The van der Waals surface area contributed by atoms with Crippen molar-refractivity contribution < 1.29 is 4.39 Å². The van der Waals surface area contributed by atoms with E-state index in [-0.39, 0.29) is 11.9 Å². The lowest BCUT2D eigenvalue weighted by molar-refractivity contribution is 0.620. The highest BCUT2D eigenvalue weighted by molar-refractivity contribution is 7.10. The summed E-state index contributed by atoms with van der Waals surface area (Å²) in [6.07, 6.45) is 1.06. The highest BCUT2D eigenvalue weighted by Crippen LogP contribution is 2.32. The van der Waals surface area contributed by atoms with Crippen molar-refractivity contribution in [3.05, 3.63) is 51.5 Å². The molecule has 0 spiro atoms. The van der Waals surface area contributed by atoms with Crippen LogP contribution in [0.1, 0.15) is 29.0 Å². The van der Waals surface area contributed by atoms with Gasteiger partial charge in [0.25, 0.3) is 0 Å². The first-order valence-corrected chi connectivity index (χ1v) is 7.38. The minimum Gasteiger partial charge on any atom is -0.367 e. The SMILES string of the molecule is C[C@H](N)c1cc(F)ccc1N1CCc2sccc2C1. The lowest BCUT2D eigenvalue weighted by Crippen LogP contribution is -2.30. The molecule has 0 radical (unpaired) electrons. The Morgan fingerprint density at radius 3 is 3.00 bits per heavy atom. The number of nitrogens with two attached hydrogens (primary N) is 1. The average Bonchev–Trinajstić information content (AvgIpc) is 2.85. The molecule has 0 saturated heterocycles. The van der Waals surface area contributed by atoms with Crippen LogP contribution in [0, 0.1) is 5.82 Å². The van der Waals surface area contributed by atoms with E-state index >= 15 is 0 Å². The van der Waals surface area contributed by atoms with Crippen molar-refractivity contribution in [3.8, 4) is 0 Å². The number of thiophene rings is 1. The molecule has 0 bridgehead atoms. The van der Waals surface area contributed by atoms with Crippen molar-refractivity contribution in [2.24, 2.45) is 5.73 Å². The Morgan fingerprint density at radius 2 is 2.21 bits per heavy atom. The molecule has 100 valence electrons. The van der Waals surface area contributed by atoms with Crippen LogP contribution in [0.15, 0.2) is 29.6 Å². The van der Waals surface area contributed by atoms with Gasteiger partial charge in [-0.25, -0.2) is 4.39 Å². The van der Waals surface area contributed by atoms with E-state index in [9.17, 15) is 4.39 Å². The summed E-state index contributed by atoms with van der Waals surface area (Å²) in [5.41, 5.74) is 9.31. The monoisotopic (exact) mass is 276 g/mol. The van der Waals surface area contributed by atoms with E-state index in [0.717, 1.165) is 30.8 Å². The fraction of sp³-hybridized carbons (Fsp3) is 0.333. The minimum atomic E-state index is -0.218. The molecule has 3 rings (SSSR count). The first kappa shape index (κ1) is 12.6. The molecule has 1 aliphatic heterocycles.